The maximum absolute atomic E-state index is 12.0. The number of hydrogen-bond donors (Lipinski definition) is 2. The Morgan fingerprint density at radius 1 is 1.04 bits per heavy atom. The first-order valence-corrected chi connectivity index (χ1v) is 7.66. The number of hydrogen-bond acceptors (Lipinski definition) is 3. The lowest BCUT2D eigenvalue weighted by molar-refractivity contribution is -0.143. The molecule has 1 aromatic carbocycles. The van der Waals surface area contributed by atoms with Gasteiger partial charge in [0.1, 0.15) is 0 Å². The van der Waals surface area contributed by atoms with Crippen molar-refractivity contribution in [3.63, 3.8) is 0 Å². The van der Waals surface area contributed by atoms with E-state index in [1.165, 1.54) is 7.05 Å². The summed E-state index contributed by atoms with van der Waals surface area (Å²) in [6, 6.07) is 7.31. The van der Waals surface area contributed by atoms with Crippen molar-refractivity contribution < 1.29 is 14.4 Å². The molecule has 1 aromatic rings. The molecular weight excluding hydrogens is 294 g/mol. The van der Waals surface area contributed by atoms with Crippen molar-refractivity contribution in [3.8, 4) is 0 Å². The third-order valence-corrected chi connectivity index (χ3v) is 3.21. The SMILES string of the molecule is CC(C)NC(=O)CN(C)C(=O)C(=O)Nc1ccc(C(C)C)cc1. The Bertz CT molecular complexity index is 565. The molecule has 6 nitrogen and oxygen atoms in total. The van der Waals surface area contributed by atoms with Crippen molar-refractivity contribution in [1.82, 2.24) is 10.2 Å². The molecule has 0 saturated carbocycles. The first-order valence-electron chi connectivity index (χ1n) is 7.66. The zero-order valence-electron chi connectivity index (χ0n) is 14.3. The van der Waals surface area contributed by atoms with Crippen molar-refractivity contribution in [1.29, 1.82) is 0 Å². The molecule has 0 spiro atoms. The van der Waals surface area contributed by atoms with Gasteiger partial charge in [0.25, 0.3) is 0 Å². The number of rotatable bonds is 5. The van der Waals surface area contributed by atoms with Gasteiger partial charge in [-0.05, 0) is 37.5 Å². The highest BCUT2D eigenvalue weighted by atomic mass is 16.2. The predicted molar refractivity (Wildman–Crippen MR) is 90.1 cm³/mol. The van der Waals surface area contributed by atoms with Crippen molar-refractivity contribution in [2.45, 2.75) is 39.7 Å². The van der Waals surface area contributed by atoms with E-state index in [1.54, 1.807) is 12.1 Å². The van der Waals surface area contributed by atoms with Gasteiger partial charge in [-0.1, -0.05) is 26.0 Å². The molecule has 0 aliphatic heterocycles. The van der Waals surface area contributed by atoms with Gasteiger partial charge in [-0.25, -0.2) is 0 Å². The Morgan fingerprint density at radius 2 is 1.61 bits per heavy atom. The molecule has 0 radical (unpaired) electrons. The van der Waals surface area contributed by atoms with Crippen LogP contribution < -0.4 is 10.6 Å². The van der Waals surface area contributed by atoms with E-state index in [1.807, 2.05) is 26.0 Å². The molecule has 0 bridgehead atoms. The minimum absolute atomic E-state index is 0.0145. The van der Waals surface area contributed by atoms with Gasteiger partial charge in [-0.15, -0.1) is 0 Å². The molecule has 23 heavy (non-hydrogen) atoms. The summed E-state index contributed by atoms with van der Waals surface area (Å²) in [5.41, 5.74) is 1.70. The second kappa shape index (κ2) is 8.31. The fourth-order valence-corrected chi connectivity index (χ4v) is 1.96. The van der Waals surface area contributed by atoms with E-state index in [-0.39, 0.29) is 18.5 Å². The van der Waals surface area contributed by atoms with Crippen LogP contribution in [0.15, 0.2) is 24.3 Å². The Hall–Kier alpha value is -2.37. The van der Waals surface area contributed by atoms with E-state index >= 15 is 0 Å². The van der Waals surface area contributed by atoms with Crippen LogP contribution in [-0.4, -0.2) is 42.3 Å². The molecule has 0 atom stereocenters. The van der Waals surface area contributed by atoms with E-state index in [0.717, 1.165) is 10.5 Å². The second-order valence-electron chi connectivity index (χ2n) is 6.11. The van der Waals surface area contributed by atoms with E-state index < -0.39 is 11.8 Å². The van der Waals surface area contributed by atoms with Crippen LogP contribution in [0.4, 0.5) is 5.69 Å². The molecule has 0 aromatic heterocycles. The van der Waals surface area contributed by atoms with Crippen molar-refractivity contribution in [3.05, 3.63) is 29.8 Å². The summed E-state index contributed by atoms with van der Waals surface area (Å²) in [6.45, 7) is 7.65. The van der Waals surface area contributed by atoms with E-state index in [2.05, 4.69) is 24.5 Å². The zero-order valence-corrected chi connectivity index (χ0v) is 14.3. The Kier molecular flexibility index (Phi) is 6.75. The summed E-state index contributed by atoms with van der Waals surface area (Å²) in [5, 5.41) is 5.21. The molecule has 0 saturated heterocycles. The first kappa shape index (κ1) is 18.7. The number of carbonyl (C=O) groups is 3. The molecule has 0 fully saturated rings. The third kappa shape index (κ3) is 6.10. The maximum Gasteiger partial charge on any atom is 0.313 e. The lowest BCUT2D eigenvalue weighted by atomic mass is 10.0. The molecule has 0 aliphatic carbocycles. The van der Waals surface area contributed by atoms with Gasteiger partial charge in [-0.3, -0.25) is 14.4 Å². The zero-order chi connectivity index (χ0) is 17.6. The summed E-state index contributed by atoms with van der Waals surface area (Å²) in [4.78, 5) is 36.6. The summed E-state index contributed by atoms with van der Waals surface area (Å²) in [7, 11) is 1.42. The van der Waals surface area contributed by atoms with Crippen molar-refractivity contribution in [2.24, 2.45) is 0 Å². The molecular formula is C17H25N3O3. The molecule has 6 heteroatoms. The number of likely N-dealkylation sites (N-methyl/N-ethyl adjacent to an activating group) is 1. The fraction of sp³-hybridized carbons (Fsp3) is 0.471. The molecule has 0 aliphatic rings. The largest absolute Gasteiger partial charge is 0.352 e. The summed E-state index contributed by atoms with van der Waals surface area (Å²) in [5.74, 6) is -1.42. The number of nitrogens with one attached hydrogen (secondary N) is 2. The highest BCUT2D eigenvalue weighted by molar-refractivity contribution is 6.39. The number of benzene rings is 1. The van der Waals surface area contributed by atoms with Crippen LogP contribution in [0.2, 0.25) is 0 Å². The number of amides is 3. The maximum atomic E-state index is 12.0. The van der Waals surface area contributed by atoms with Crippen LogP contribution in [0.1, 0.15) is 39.2 Å². The van der Waals surface area contributed by atoms with E-state index in [0.29, 0.717) is 11.6 Å². The Labute approximate surface area is 137 Å². The van der Waals surface area contributed by atoms with Gasteiger partial charge in [0.15, 0.2) is 0 Å². The van der Waals surface area contributed by atoms with Gasteiger partial charge >= 0.3 is 11.8 Å². The molecule has 0 heterocycles. The van der Waals surface area contributed by atoms with E-state index in [9.17, 15) is 14.4 Å². The average Bonchev–Trinajstić information content (AvgIpc) is 2.45. The molecule has 1 rings (SSSR count). The molecule has 126 valence electrons. The first-order chi connectivity index (χ1) is 10.7. The van der Waals surface area contributed by atoms with Crippen LogP contribution in [0.25, 0.3) is 0 Å². The Morgan fingerprint density at radius 3 is 2.09 bits per heavy atom. The van der Waals surface area contributed by atoms with Gasteiger partial charge in [-0.2, -0.15) is 0 Å². The number of nitrogens with zero attached hydrogens (tertiary/aromatic N) is 1. The second-order valence-corrected chi connectivity index (χ2v) is 6.11. The summed E-state index contributed by atoms with van der Waals surface area (Å²) >= 11 is 0. The number of anilines is 1. The van der Waals surface area contributed by atoms with Crippen molar-refractivity contribution in [2.75, 3.05) is 18.9 Å². The number of carbonyl (C=O) groups excluding carboxylic acids is 3. The van der Waals surface area contributed by atoms with Gasteiger partial charge < -0.3 is 15.5 Å². The quantitative estimate of drug-likeness (QED) is 0.811. The smallest absolute Gasteiger partial charge is 0.313 e. The molecule has 2 N–H and O–H groups in total. The van der Waals surface area contributed by atoms with Gasteiger partial charge in [0.05, 0.1) is 6.54 Å². The highest BCUT2D eigenvalue weighted by Crippen LogP contribution is 2.17. The van der Waals surface area contributed by atoms with Crippen LogP contribution in [0, 0.1) is 0 Å². The van der Waals surface area contributed by atoms with Crippen LogP contribution in [-0.2, 0) is 14.4 Å². The summed E-state index contributed by atoms with van der Waals surface area (Å²) < 4.78 is 0. The van der Waals surface area contributed by atoms with Crippen LogP contribution in [0.5, 0.6) is 0 Å². The highest BCUT2D eigenvalue weighted by Gasteiger charge is 2.21. The van der Waals surface area contributed by atoms with Gasteiger partial charge in [0.2, 0.25) is 5.91 Å². The van der Waals surface area contributed by atoms with Gasteiger partial charge in [0, 0.05) is 18.8 Å². The normalized spacial score (nSPS) is 10.6. The fourth-order valence-electron chi connectivity index (χ4n) is 1.96. The van der Waals surface area contributed by atoms with Crippen LogP contribution in [0.3, 0.4) is 0 Å². The van der Waals surface area contributed by atoms with Crippen LogP contribution >= 0.6 is 0 Å². The average molecular weight is 319 g/mol. The standard InChI is InChI=1S/C17H25N3O3/c1-11(2)13-6-8-14(9-7-13)19-16(22)17(23)20(5)10-15(21)18-12(3)4/h6-9,11-12H,10H2,1-5H3,(H,18,21)(H,19,22). The molecule has 3 amide bonds. The lowest BCUT2D eigenvalue weighted by Crippen LogP contribution is -2.44. The predicted octanol–water partition coefficient (Wildman–Crippen LogP) is 1.73. The minimum atomic E-state index is -0.762. The van der Waals surface area contributed by atoms with E-state index in [4.69, 9.17) is 0 Å². The lowest BCUT2D eigenvalue weighted by Gasteiger charge is -2.17. The Balaban J connectivity index is 2.59. The molecule has 0 unspecified atom stereocenters. The summed E-state index contributed by atoms with van der Waals surface area (Å²) in [6.07, 6.45) is 0. The van der Waals surface area contributed by atoms with Crippen molar-refractivity contribution >= 4 is 23.4 Å². The topological polar surface area (TPSA) is 78.5 Å². The third-order valence-electron chi connectivity index (χ3n) is 3.21. The minimum Gasteiger partial charge on any atom is -0.352 e. The monoisotopic (exact) mass is 319 g/mol.